The molecule has 1 aromatic rings. The maximum absolute atomic E-state index is 12.4. The van der Waals surface area contributed by atoms with E-state index < -0.39 is 0 Å². The lowest BCUT2D eigenvalue weighted by atomic mass is 10.1. The van der Waals surface area contributed by atoms with Crippen molar-refractivity contribution in [3.8, 4) is 6.07 Å². The molecular weight excluding hydrogens is 276 g/mol. The predicted molar refractivity (Wildman–Crippen MR) is 76.4 cm³/mol. The summed E-state index contributed by atoms with van der Waals surface area (Å²) in [6.45, 7) is 4.66. The molecule has 2 heterocycles. The number of nitrogens with zero attached hydrogens (tertiary/aromatic N) is 4. The van der Waals surface area contributed by atoms with Crippen LogP contribution in [0.3, 0.4) is 0 Å². The van der Waals surface area contributed by atoms with E-state index in [1.54, 1.807) is 17.2 Å². The van der Waals surface area contributed by atoms with Crippen molar-refractivity contribution in [2.45, 2.75) is 19.4 Å². The Bertz CT molecular complexity index is 520. The first kappa shape index (κ1) is 14.8. The van der Waals surface area contributed by atoms with Crippen LogP contribution >= 0.6 is 11.6 Å². The summed E-state index contributed by atoms with van der Waals surface area (Å²) in [7, 11) is 0. The fourth-order valence-corrected chi connectivity index (χ4v) is 2.56. The van der Waals surface area contributed by atoms with E-state index in [0.717, 1.165) is 19.5 Å². The number of piperazine rings is 1. The van der Waals surface area contributed by atoms with Crippen LogP contribution in [0.5, 0.6) is 0 Å². The summed E-state index contributed by atoms with van der Waals surface area (Å²) in [6.07, 6.45) is 3.87. The highest BCUT2D eigenvalue weighted by Crippen LogP contribution is 2.17. The molecule has 1 fully saturated rings. The Morgan fingerprint density at radius 2 is 2.20 bits per heavy atom. The summed E-state index contributed by atoms with van der Waals surface area (Å²) >= 11 is 6.02. The molecule has 2 rings (SSSR count). The van der Waals surface area contributed by atoms with Crippen molar-refractivity contribution >= 4 is 17.5 Å². The van der Waals surface area contributed by atoms with Crippen LogP contribution < -0.4 is 0 Å². The molecule has 1 aromatic heterocycles. The number of carbonyl (C=O) groups is 1. The van der Waals surface area contributed by atoms with Crippen molar-refractivity contribution in [2.75, 3.05) is 26.2 Å². The molecular formula is C14H17ClN4O. The number of amides is 1. The predicted octanol–water partition coefficient (Wildman–Crippen LogP) is 1.79. The van der Waals surface area contributed by atoms with E-state index in [4.69, 9.17) is 16.9 Å². The standard InChI is InChI=1S/C14H17ClN4O/c1-2-11(9-16)18-5-7-19(8-6-18)14(20)12-10-17-4-3-13(12)15/h3-4,10-11H,2,5-8H2,1H3. The number of aromatic nitrogens is 1. The number of hydrogen-bond acceptors (Lipinski definition) is 4. The Morgan fingerprint density at radius 3 is 2.75 bits per heavy atom. The van der Waals surface area contributed by atoms with E-state index in [9.17, 15) is 4.79 Å². The molecule has 1 aliphatic heterocycles. The fraction of sp³-hybridized carbons (Fsp3) is 0.500. The fourth-order valence-electron chi connectivity index (χ4n) is 2.37. The summed E-state index contributed by atoms with van der Waals surface area (Å²) in [5, 5.41) is 9.50. The average molecular weight is 293 g/mol. The highest BCUT2D eigenvalue weighted by Gasteiger charge is 2.26. The first-order valence-electron chi connectivity index (χ1n) is 6.69. The lowest BCUT2D eigenvalue weighted by Crippen LogP contribution is -2.51. The average Bonchev–Trinajstić information content (AvgIpc) is 2.49. The van der Waals surface area contributed by atoms with Crippen molar-refractivity contribution in [3.05, 3.63) is 29.0 Å². The maximum atomic E-state index is 12.4. The number of pyridine rings is 1. The van der Waals surface area contributed by atoms with Crippen LogP contribution in [-0.4, -0.2) is 52.9 Å². The quantitative estimate of drug-likeness (QED) is 0.852. The van der Waals surface area contributed by atoms with Gasteiger partial charge in [-0.15, -0.1) is 0 Å². The monoisotopic (exact) mass is 292 g/mol. The summed E-state index contributed by atoms with van der Waals surface area (Å²) in [4.78, 5) is 20.2. The van der Waals surface area contributed by atoms with Crippen molar-refractivity contribution in [1.29, 1.82) is 5.26 Å². The Morgan fingerprint density at radius 1 is 1.50 bits per heavy atom. The summed E-state index contributed by atoms with van der Waals surface area (Å²) in [6, 6.07) is 3.86. The van der Waals surface area contributed by atoms with Crippen molar-refractivity contribution in [1.82, 2.24) is 14.8 Å². The van der Waals surface area contributed by atoms with Gasteiger partial charge in [0.25, 0.3) is 5.91 Å². The summed E-state index contributed by atoms with van der Waals surface area (Å²) < 4.78 is 0. The van der Waals surface area contributed by atoms with Gasteiger partial charge in [-0.2, -0.15) is 5.26 Å². The topological polar surface area (TPSA) is 60.2 Å². The highest BCUT2D eigenvalue weighted by atomic mass is 35.5. The van der Waals surface area contributed by atoms with E-state index >= 15 is 0 Å². The number of hydrogen-bond donors (Lipinski definition) is 0. The molecule has 6 heteroatoms. The normalized spacial score (nSPS) is 17.6. The van der Waals surface area contributed by atoms with Gasteiger partial charge < -0.3 is 4.90 Å². The third-order valence-electron chi connectivity index (χ3n) is 3.58. The number of rotatable bonds is 3. The highest BCUT2D eigenvalue weighted by molar-refractivity contribution is 6.33. The largest absolute Gasteiger partial charge is 0.336 e. The minimum atomic E-state index is -0.0900. The minimum absolute atomic E-state index is 0.0609. The molecule has 20 heavy (non-hydrogen) atoms. The van der Waals surface area contributed by atoms with E-state index in [0.29, 0.717) is 23.7 Å². The molecule has 0 bridgehead atoms. The summed E-state index contributed by atoms with van der Waals surface area (Å²) in [5.74, 6) is -0.0900. The van der Waals surface area contributed by atoms with E-state index in [1.165, 1.54) is 6.20 Å². The third kappa shape index (κ3) is 3.09. The molecule has 0 radical (unpaired) electrons. The molecule has 0 aliphatic carbocycles. The van der Waals surface area contributed by atoms with Gasteiger partial charge in [0.05, 0.1) is 22.7 Å². The Labute approximate surface area is 123 Å². The maximum Gasteiger partial charge on any atom is 0.257 e. The Balaban J connectivity index is 1.99. The summed E-state index contributed by atoms with van der Waals surface area (Å²) in [5.41, 5.74) is 0.440. The van der Waals surface area contributed by atoms with Crippen molar-refractivity contribution < 1.29 is 4.79 Å². The van der Waals surface area contributed by atoms with Crippen molar-refractivity contribution in [3.63, 3.8) is 0 Å². The van der Waals surface area contributed by atoms with Gasteiger partial charge in [-0.05, 0) is 12.5 Å². The van der Waals surface area contributed by atoms with Crippen LogP contribution in [0.2, 0.25) is 5.02 Å². The minimum Gasteiger partial charge on any atom is -0.336 e. The van der Waals surface area contributed by atoms with Gasteiger partial charge in [0.2, 0.25) is 0 Å². The first-order valence-corrected chi connectivity index (χ1v) is 7.07. The zero-order valence-electron chi connectivity index (χ0n) is 11.4. The van der Waals surface area contributed by atoms with Crippen molar-refractivity contribution in [2.24, 2.45) is 0 Å². The second kappa shape index (κ2) is 6.69. The van der Waals surface area contributed by atoms with Crippen LogP contribution in [0.4, 0.5) is 0 Å². The van der Waals surface area contributed by atoms with Gasteiger partial charge in [-0.25, -0.2) is 0 Å². The molecule has 1 amide bonds. The van der Waals surface area contributed by atoms with E-state index in [2.05, 4.69) is 16.0 Å². The molecule has 1 saturated heterocycles. The molecule has 1 unspecified atom stereocenters. The molecule has 0 aromatic carbocycles. The molecule has 5 nitrogen and oxygen atoms in total. The number of carbonyl (C=O) groups excluding carboxylic acids is 1. The lowest BCUT2D eigenvalue weighted by molar-refractivity contribution is 0.0604. The molecule has 106 valence electrons. The smallest absolute Gasteiger partial charge is 0.257 e. The van der Waals surface area contributed by atoms with E-state index in [-0.39, 0.29) is 11.9 Å². The number of halogens is 1. The van der Waals surface area contributed by atoms with Crippen LogP contribution in [0.25, 0.3) is 0 Å². The van der Waals surface area contributed by atoms with Gasteiger partial charge in [0, 0.05) is 38.6 Å². The zero-order valence-corrected chi connectivity index (χ0v) is 12.2. The van der Waals surface area contributed by atoms with Gasteiger partial charge in [-0.1, -0.05) is 18.5 Å². The molecule has 1 atom stereocenters. The lowest BCUT2D eigenvalue weighted by Gasteiger charge is -2.36. The second-order valence-electron chi connectivity index (χ2n) is 4.74. The molecule has 1 aliphatic rings. The third-order valence-corrected chi connectivity index (χ3v) is 3.91. The van der Waals surface area contributed by atoms with Crippen LogP contribution in [-0.2, 0) is 0 Å². The van der Waals surface area contributed by atoms with Gasteiger partial charge in [0.15, 0.2) is 0 Å². The van der Waals surface area contributed by atoms with Crippen LogP contribution in [0, 0.1) is 11.3 Å². The Hall–Kier alpha value is -1.64. The second-order valence-corrected chi connectivity index (χ2v) is 5.14. The molecule has 0 spiro atoms. The van der Waals surface area contributed by atoms with Gasteiger partial charge >= 0.3 is 0 Å². The Kier molecular flexibility index (Phi) is 4.94. The van der Waals surface area contributed by atoms with Gasteiger partial charge in [-0.3, -0.25) is 14.7 Å². The van der Waals surface area contributed by atoms with Crippen LogP contribution in [0.15, 0.2) is 18.5 Å². The number of nitriles is 1. The van der Waals surface area contributed by atoms with Gasteiger partial charge in [0.1, 0.15) is 0 Å². The van der Waals surface area contributed by atoms with Crippen LogP contribution in [0.1, 0.15) is 23.7 Å². The molecule has 0 N–H and O–H groups in total. The van der Waals surface area contributed by atoms with E-state index in [1.807, 2.05) is 6.92 Å². The SMILES string of the molecule is CCC(C#N)N1CCN(C(=O)c2cnccc2Cl)CC1. The zero-order chi connectivity index (χ0) is 14.5. The first-order chi connectivity index (χ1) is 9.67. The molecule has 0 saturated carbocycles.